The molecule has 0 amide bonds. The number of nitrogens with zero attached hydrogens (tertiary/aromatic N) is 1. The van der Waals surface area contributed by atoms with Gasteiger partial charge in [-0.05, 0) is 36.0 Å². The molecular formula is C16H15ClN2S2. The first-order valence-electron chi connectivity index (χ1n) is 6.74. The van der Waals surface area contributed by atoms with E-state index < -0.39 is 0 Å². The zero-order valence-electron chi connectivity index (χ0n) is 11.3. The van der Waals surface area contributed by atoms with Gasteiger partial charge in [0.25, 0.3) is 0 Å². The highest BCUT2D eigenvalue weighted by Crippen LogP contribution is 2.38. The zero-order valence-corrected chi connectivity index (χ0v) is 13.7. The highest BCUT2D eigenvalue weighted by molar-refractivity contribution is 7.99. The van der Waals surface area contributed by atoms with Crippen LogP contribution < -0.4 is 5.32 Å². The first kappa shape index (κ1) is 14.7. The number of halogens is 1. The minimum atomic E-state index is 0.283. The van der Waals surface area contributed by atoms with Gasteiger partial charge in [0.1, 0.15) is 5.37 Å². The lowest BCUT2D eigenvalue weighted by atomic mass is 10.2. The molecule has 0 radical (unpaired) electrons. The highest BCUT2D eigenvalue weighted by Gasteiger charge is 2.28. The number of benzene rings is 2. The maximum Gasteiger partial charge on any atom is 0.174 e. The Hall–Kier alpha value is -1.23. The van der Waals surface area contributed by atoms with Gasteiger partial charge in [0, 0.05) is 23.0 Å². The van der Waals surface area contributed by atoms with Crippen molar-refractivity contribution < 1.29 is 0 Å². The Morgan fingerprint density at radius 1 is 1.19 bits per heavy atom. The molecule has 3 rings (SSSR count). The molecule has 1 unspecified atom stereocenters. The van der Waals surface area contributed by atoms with Crippen LogP contribution in [0.2, 0.25) is 5.02 Å². The highest BCUT2D eigenvalue weighted by atomic mass is 35.5. The number of anilines is 1. The van der Waals surface area contributed by atoms with Gasteiger partial charge in [-0.3, -0.25) is 0 Å². The van der Waals surface area contributed by atoms with Gasteiger partial charge in [-0.15, -0.1) is 11.8 Å². The van der Waals surface area contributed by atoms with Crippen LogP contribution in [0.4, 0.5) is 5.69 Å². The lowest BCUT2D eigenvalue weighted by molar-refractivity contribution is 0.458. The Morgan fingerprint density at radius 2 is 2.00 bits per heavy atom. The number of hydrogen-bond acceptors (Lipinski definition) is 2. The third-order valence-corrected chi connectivity index (χ3v) is 5.14. The number of thioether (sulfide) groups is 1. The molecule has 0 aliphatic carbocycles. The molecule has 0 bridgehead atoms. The smallest absolute Gasteiger partial charge is 0.174 e. The molecule has 1 aliphatic rings. The molecule has 1 fully saturated rings. The van der Waals surface area contributed by atoms with Crippen molar-refractivity contribution in [3.05, 3.63) is 65.2 Å². The van der Waals surface area contributed by atoms with Crippen molar-refractivity contribution in [3.8, 4) is 0 Å². The fourth-order valence-corrected chi connectivity index (χ4v) is 4.17. The Bertz CT molecular complexity index is 633. The maximum absolute atomic E-state index is 6.01. The van der Waals surface area contributed by atoms with Gasteiger partial charge in [0.05, 0.1) is 0 Å². The average Bonchev–Trinajstić information content (AvgIpc) is 2.98. The molecule has 0 saturated carbocycles. The fraction of sp³-hybridized carbons (Fsp3) is 0.188. The van der Waals surface area contributed by atoms with Gasteiger partial charge in [0.2, 0.25) is 0 Å². The molecule has 108 valence electrons. The van der Waals surface area contributed by atoms with Crippen molar-refractivity contribution in [2.24, 2.45) is 0 Å². The van der Waals surface area contributed by atoms with E-state index in [1.807, 2.05) is 42.1 Å². The second-order valence-corrected chi connectivity index (χ2v) is 6.78. The SMILES string of the molecule is S=C(Nc1cccc(Cl)c1)N1CCSC1c1ccccc1. The Morgan fingerprint density at radius 3 is 2.76 bits per heavy atom. The molecule has 0 aromatic heterocycles. The van der Waals surface area contributed by atoms with Crippen LogP contribution >= 0.6 is 35.6 Å². The summed E-state index contributed by atoms with van der Waals surface area (Å²) in [5, 5.41) is 5.02. The quantitative estimate of drug-likeness (QED) is 0.794. The van der Waals surface area contributed by atoms with Crippen molar-refractivity contribution in [2.75, 3.05) is 17.6 Å². The van der Waals surface area contributed by atoms with Gasteiger partial charge in [-0.1, -0.05) is 48.0 Å². The molecular weight excluding hydrogens is 320 g/mol. The molecule has 5 heteroatoms. The first-order valence-corrected chi connectivity index (χ1v) is 8.57. The largest absolute Gasteiger partial charge is 0.333 e. The maximum atomic E-state index is 6.01. The monoisotopic (exact) mass is 334 g/mol. The summed E-state index contributed by atoms with van der Waals surface area (Å²) in [6.45, 7) is 0.955. The summed E-state index contributed by atoms with van der Waals surface area (Å²) in [5.74, 6) is 1.08. The zero-order chi connectivity index (χ0) is 14.7. The third kappa shape index (κ3) is 3.51. The van der Waals surface area contributed by atoms with E-state index in [-0.39, 0.29) is 5.37 Å². The summed E-state index contributed by atoms with van der Waals surface area (Å²) in [6.07, 6.45) is 0. The second-order valence-electron chi connectivity index (χ2n) is 4.77. The molecule has 2 nitrogen and oxygen atoms in total. The van der Waals surface area contributed by atoms with Crippen molar-refractivity contribution in [1.82, 2.24) is 4.90 Å². The van der Waals surface area contributed by atoms with Crippen molar-refractivity contribution in [3.63, 3.8) is 0 Å². The summed E-state index contributed by atoms with van der Waals surface area (Å²) in [4.78, 5) is 2.23. The van der Waals surface area contributed by atoms with Crippen LogP contribution in [0.25, 0.3) is 0 Å². The molecule has 2 aromatic rings. The summed E-state index contributed by atoms with van der Waals surface area (Å²) in [6, 6.07) is 18.1. The Balaban J connectivity index is 1.74. The average molecular weight is 335 g/mol. The van der Waals surface area contributed by atoms with Crippen LogP contribution in [-0.2, 0) is 0 Å². The minimum Gasteiger partial charge on any atom is -0.333 e. The van der Waals surface area contributed by atoms with E-state index in [0.29, 0.717) is 5.02 Å². The van der Waals surface area contributed by atoms with Gasteiger partial charge in [-0.25, -0.2) is 0 Å². The van der Waals surface area contributed by atoms with Crippen molar-refractivity contribution in [1.29, 1.82) is 0 Å². The van der Waals surface area contributed by atoms with E-state index >= 15 is 0 Å². The topological polar surface area (TPSA) is 15.3 Å². The predicted octanol–water partition coefficient (Wildman–Crippen LogP) is 4.78. The fourth-order valence-electron chi connectivity index (χ4n) is 2.33. The van der Waals surface area contributed by atoms with Crippen LogP contribution in [0.3, 0.4) is 0 Å². The van der Waals surface area contributed by atoms with E-state index in [4.69, 9.17) is 23.8 Å². The molecule has 1 atom stereocenters. The summed E-state index contributed by atoms with van der Waals surface area (Å²) >= 11 is 13.5. The van der Waals surface area contributed by atoms with Crippen LogP contribution in [0.5, 0.6) is 0 Å². The van der Waals surface area contributed by atoms with Gasteiger partial charge >= 0.3 is 0 Å². The van der Waals surface area contributed by atoms with E-state index in [1.165, 1.54) is 5.56 Å². The van der Waals surface area contributed by atoms with E-state index in [0.717, 1.165) is 23.1 Å². The standard InChI is InChI=1S/C16H15ClN2S2/c17-13-7-4-8-14(11-13)18-16(20)19-9-10-21-15(19)12-5-2-1-3-6-12/h1-8,11,15H,9-10H2,(H,18,20). The van der Waals surface area contributed by atoms with Gasteiger partial charge in [0.15, 0.2) is 5.11 Å². The van der Waals surface area contributed by atoms with Gasteiger partial charge < -0.3 is 10.2 Å². The van der Waals surface area contributed by atoms with Crippen LogP contribution in [0, 0.1) is 0 Å². The second kappa shape index (κ2) is 6.69. The van der Waals surface area contributed by atoms with Crippen LogP contribution in [0.15, 0.2) is 54.6 Å². The molecule has 0 spiro atoms. The lowest BCUT2D eigenvalue weighted by Gasteiger charge is -2.27. The van der Waals surface area contributed by atoms with E-state index in [2.05, 4.69) is 34.5 Å². The minimum absolute atomic E-state index is 0.283. The summed E-state index contributed by atoms with van der Waals surface area (Å²) in [5.41, 5.74) is 2.21. The Labute approximate surface area is 139 Å². The molecule has 1 N–H and O–H groups in total. The molecule has 1 aliphatic heterocycles. The number of rotatable bonds is 2. The Kier molecular flexibility index (Phi) is 4.68. The van der Waals surface area contributed by atoms with Crippen LogP contribution in [0.1, 0.15) is 10.9 Å². The molecule has 1 heterocycles. The molecule has 21 heavy (non-hydrogen) atoms. The molecule has 2 aromatic carbocycles. The van der Waals surface area contributed by atoms with Crippen molar-refractivity contribution in [2.45, 2.75) is 5.37 Å². The number of hydrogen-bond donors (Lipinski definition) is 1. The third-order valence-electron chi connectivity index (χ3n) is 3.31. The summed E-state index contributed by atoms with van der Waals surface area (Å²) in [7, 11) is 0. The van der Waals surface area contributed by atoms with E-state index in [9.17, 15) is 0 Å². The number of nitrogens with one attached hydrogen (secondary N) is 1. The van der Waals surface area contributed by atoms with E-state index in [1.54, 1.807) is 0 Å². The van der Waals surface area contributed by atoms with Crippen molar-refractivity contribution >= 4 is 46.4 Å². The summed E-state index contributed by atoms with van der Waals surface area (Å²) < 4.78 is 0. The number of thiocarbonyl (C=S) groups is 1. The molecule has 1 saturated heterocycles. The lowest BCUT2D eigenvalue weighted by Crippen LogP contribution is -2.34. The normalized spacial score (nSPS) is 17.8. The first-order chi connectivity index (χ1) is 10.2. The van der Waals surface area contributed by atoms with Crippen LogP contribution in [-0.4, -0.2) is 22.3 Å². The predicted molar refractivity (Wildman–Crippen MR) is 96.0 cm³/mol. The van der Waals surface area contributed by atoms with Gasteiger partial charge in [-0.2, -0.15) is 0 Å².